The van der Waals surface area contributed by atoms with E-state index in [1.54, 1.807) is 12.2 Å². The Morgan fingerprint density at radius 2 is 2.07 bits per heavy atom. The second kappa shape index (κ2) is 6.10. The van der Waals surface area contributed by atoms with Crippen LogP contribution in [0.15, 0.2) is 18.2 Å². The zero-order valence-corrected chi connectivity index (χ0v) is 15.6. The topological polar surface area (TPSA) is 126 Å². The molecule has 0 bridgehead atoms. The molecule has 0 radical (unpaired) electrons. The first kappa shape index (κ1) is 18.5. The Kier molecular flexibility index (Phi) is 4.04. The molecular formula is C19H22FN4O4+. The van der Waals surface area contributed by atoms with Crippen molar-refractivity contribution in [3.05, 3.63) is 29.6 Å². The van der Waals surface area contributed by atoms with Gasteiger partial charge in [0.05, 0.1) is 12.1 Å². The number of quaternary nitrogens is 1. The molecule has 2 fully saturated rings. The first-order chi connectivity index (χ1) is 13.2. The van der Waals surface area contributed by atoms with Crippen LogP contribution in [-0.4, -0.2) is 40.6 Å². The van der Waals surface area contributed by atoms with Crippen LogP contribution in [0.1, 0.15) is 32.3 Å². The number of nitrogens with zero attached hydrogens (tertiary/aromatic N) is 1. The van der Waals surface area contributed by atoms with Gasteiger partial charge in [-0.3, -0.25) is 24.1 Å². The number of imide groups is 1. The van der Waals surface area contributed by atoms with Crippen LogP contribution < -0.4 is 16.4 Å². The van der Waals surface area contributed by atoms with E-state index in [1.165, 1.54) is 23.1 Å². The number of likely N-dealkylation sites (tertiary alicyclic amines) is 1. The summed E-state index contributed by atoms with van der Waals surface area (Å²) in [6.45, 7) is 3.62. The molecule has 3 heterocycles. The molecule has 1 spiro atoms. The molecule has 28 heavy (non-hydrogen) atoms. The van der Waals surface area contributed by atoms with Crippen LogP contribution in [0, 0.1) is 17.7 Å². The van der Waals surface area contributed by atoms with Crippen LogP contribution in [0.2, 0.25) is 0 Å². The fraction of sp³-hybridized carbons (Fsp3) is 0.474. The standard InChI is InChI=1S/C19H21FN4O4/c1-3-8(2)24-16(26)14-12(7-13(21)25)23-19(15(14)17(24)27)10-6-9(20)4-5-11(10)22-18(19)28/h4-6,8,12,14-15,23H,3,7H2,1-2H3,(H2,21,25)(H,22,28)/p+1/t8-,12-,14+,15-,19+/m0/s1. The van der Waals surface area contributed by atoms with Gasteiger partial charge in [-0.05, 0) is 31.5 Å². The normalized spacial score (nSPS) is 31.9. The van der Waals surface area contributed by atoms with Gasteiger partial charge in [-0.1, -0.05) is 6.92 Å². The molecule has 3 aliphatic heterocycles. The van der Waals surface area contributed by atoms with E-state index in [-0.39, 0.29) is 12.5 Å². The minimum atomic E-state index is -1.49. The predicted octanol–water partition coefficient (Wildman–Crippen LogP) is -0.806. The molecule has 0 saturated carbocycles. The van der Waals surface area contributed by atoms with Crippen LogP contribution in [0.25, 0.3) is 0 Å². The van der Waals surface area contributed by atoms with Crippen molar-refractivity contribution in [1.82, 2.24) is 4.90 Å². The number of benzene rings is 1. The molecule has 0 aromatic heterocycles. The van der Waals surface area contributed by atoms with Crippen LogP contribution in [0.4, 0.5) is 10.1 Å². The molecule has 4 amide bonds. The second-order valence-corrected chi connectivity index (χ2v) is 7.82. The van der Waals surface area contributed by atoms with Crippen molar-refractivity contribution in [2.75, 3.05) is 5.32 Å². The average Bonchev–Trinajstić information content (AvgIpc) is 3.20. The number of nitrogens with one attached hydrogen (secondary N) is 1. The lowest BCUT2D eigenvalue weighted by Crippen LogP contribution is -2.99. The lowest BCUT2D eigenvalue weighted by Gasteiger charge is -2.28. The van der Waals surface area contributed by atoms with Gasteiger partial charge in [0.15, 0.2) is 0 Å². The number of primary amides is 1. The Labute approximate surface area is 160 Å². The molecule has 2 saturated heterocycles. The number of fused-ring (bicyclic) bond motifs is 4. The summed E-state index contributed by atoms with van der Waals surface area (Å²) in [6.07, 6.45) is 0.403. The number of hydrogen-bond donors (Lipinski definition) is 3. The molecule has 9 heteroatoms. The number of hydrogen-bond acceptors (Lipinski definition) is 4. The van der Waals surface area contributed by atoms with Gasteiger partial charge in [-0.25, -0.2) is 4.39 Å². The van der Waals surface area contributed by atoms with Gasteiger partial charge >= 0.3 is 0 Å². The average molecular weight is 389 g/mol. The van der Waals surface area contributed by atoms with E-state index in [4.69, 9.17) is 5.73 Å². The van der Waals surface area contributed by atoms with Gasteiger partial charge in [0.25, 0.3) is 5.91 Å². The first-order valence-electron chi connectivity index (χ1n) is 9.35. The number of rotatable bonds is 4. The molecule has 0 unspecified atom stereocenters. The highest BCUT2D eigenvalue weighted by molar-refractivity contribution is 6.14. The Morgan fingerprint density at radius 3 is 2.71 bits per heavy atom. The molecule has 3 aliphatic rings. The number of amides is 4. The van der Waals surface area contributed by atoms with E-state index in [2.05, 4.69) is 5.32 Å². The quantitative estimate of drug-likeness (QED) is 0.583. The summed E-state index contributed by atoms with van der Waals surface area (Å²) < 4.78 is 14.0. The zero-order chi connectivity index (χ0) is 20.4. The number of anilines is 1. The molecule has 1 aromatic carbocycles. The van der Waals surface area contributed by atoms with Crippen molar-refractivity contribution >= 4 is 29.3 Å². The first-order valence-corrected chi connectivity index (χ1v) is 9.35. The molecular weight excluding hydrogens is 367 g/mol. The highest BCUT2D eigenvalue weighted by Gasteiger charge is 2.74. The van der Waals surface area contributed by atoms with Crippen LogP contribution in [0.5, 0.6) is 0 Å². The number of carbonyl (C=O) groups is 4. The summed E-state index contributed by atoms with van der Waals surface area (Å²) in [5.74, 6) is -4.40. The van der Waals surface area contributed by atoms with Gasteiger partial charge in [0.1, 0.15) is 23.7 Å². The molecule has 5 N–H and O–H groups in total. The monoisotopic (exact) mass is 389 g/mol. The van der Waals surface area contributed by atoms with E-state index >= 15 is 0 Å². The van der Waals surface area contributed by atoms with Crippen molar-refractivity contribution in [3.8, 4) is 0 Å². The maximum Gasteiger partial charge on any atom is 0.291 e. The van der Waals surface area contributed by atoms with E-state index in [0.29, 0.717) is 17.7 Å². The summed E-state index contributed by atoms with van der Waals surface area (Å²) >= 11 is 0. The summed E-state index contributed by atoms with van der Waals surface area (Å²) in [6, 6.07) is 2.87. The van der Waals surface area contributed by atoms with Crippen molar-refractivity contribution in [2.45, 2.75) is 44.3 Å². The van der Waals surface area contributed by atoms with E-state index in [9.17, 15) is 23.6 Å². The Morgan fingerprint density at radius 1 is 1.36 bits per heavy atom. The van der Waals surface area contributed by atoms with Gasteiger partial charge in [0.2, 0.25) is 23.3 Å². The number of halogens is 1. The minimum Gasteiger partial charge on any atom is -0.369 e. The van der Waals surface area contributed by atoms with Crippen molar-refractivity contribution in [1.29, 1.82) is 0 Å². The summed E-state index contributed by atoms with van der Waals surface area (Å²) in [5.41, 5.74) is 4.61. The third-order valence-corrected chi connectivity index (χ3v) is 6.33. The summed E-state index contributed by atoms with van der Waals surface area (Å²) in [7, 11) is 0. The number of nitrogens with two attached hydrogens (primary N) is 2. The third-order valence-electron chi connectivity index (χ3n) is 6.33. The Bertz CT molecular complexity index is 919. The van der Waals surface area contributed by atoms with Crippen molar-refractivity contribution in [2.24, 2.45) is 17.6 Å². The highest BCUT2D eigenvalue weighted by atomic mass is 19.1. The van der Waals surface area contributed by atoms with Gasteiger partial charge in [-0.2, -0.15) is 0 Å². The summed E-state index contributed by atoms with van der Waals surface area (Å²) in [5, 5.41) is 4.27. The summed E-state index contributed by atoms with van der Waals surface area (Å²) in [4.78, 5) is 52.4. The maximum atomic E-state index is 14.0. The van der Waals surface area contributed by atoms with E-state index < -0.39 is 52.9 Å². The maximum absolute atomic E-state index is 14.0. The Balaban J connectivity index is 1.90. The minimum absolute atomic E-state index is 0.159. The van der Waals surface area contributed by atoms with Crippen molar-refractivity contribution < 1.29 is 28.9 Å². The smallest absolute Gasteiger partial charge is 0.291 e. The van der Waals surface area contributed by atoms with E-state index in [1.807, 2.05) is 6.92 Å². The van der Waals surface area contributed by atoms with Gasteiger partial charge < -0.3 is 16.4 Å². The fourth-order valence-corrected chi connectivity index (χ4v) is 4.99. The molecule has 0 aliphatic carbocycles. The third kappa shape index (κ3) is 2.25. The van der Waals surface area contributed by atoms with Gasteiger partial charge in [-0.15, -0.1) is 0 Å². The van der Waals surface area contributed by atoms with Gasteiger partial charge in [0, 0.05) is 11.6 Å². The predicted molar refractivity (Wildman–Crippen MR) is 94.8 cm³/mol. The lowest BCUT2D eigenvalue weighted by atomic mass is 9.76. The van der Waals surface area contributed by atoms with Crippen molar-refractivity contribution in [3.63, 3.8) is 0 Å². The largest absolute Gasteiger partial charge is 0.369 e. The Hall–Kier alpha value is -2.81. The van der Waals surface area contributed by atoms with E-state index in [0.717, 1.165) is 0 Å². The molecule has 148 valence electrons. The second-order valence-electron chi connectivity index (χ2n) is 7.82. The molecule has 8 nitrogen and oxygen atoms in total. The zero-order valence-electron chi connectivity index (χ0n) is 15.6. The SMILES string of the molecule is CC[C@H](C)N1C(=O)[C@@H]2[C@H](CC(N)=O)[NH2+][C@@]3(C(=O)Nc4ccc(F)cc43)[C@@H]2C1=O. The highest BCUT2D eigenvalue weighted by Crippen LogP contribution is 2.49. The van der Waals surface area contributed by atoms with Crippen LogP contribution >= 0.6 is 0 Å². The van der Waals surface area contributed by atoms with Crippen LogP contribution in [0.3, 0.4) is 0 Å². The molecule has 5 atom stereocenters. The molecule has 1 aromatic rings. The fourth-order valence-electron chi connectivity index (χ4n) is 4.99. The molecule has 4 rings (SSSR count). The number of carbonyl (C=O) groups excluding carboxylic acids is 4. The van der Waals surface area contributed by atoms with Crippen LogP contribution in [-0.2, 0) is 24.7 Å². The lowest BCUT2D eigenvalue weighted by molar-refractivity contribution is -0.732.